The summed E-state index contributed by atoms with van der Waals surface area (Å²) in [4.78, 5) is 15.1. The third-order valence-corrected chi connectivity index (χ3v) is 3.36. The number of nitrogens with zero attached hydrogens (tertiary/aromatic N) is 1. The molecular weight excluding hydrogens is 294 g/mol. The highest BCUT2D eigenvalue weighted by molar-refractivity contribution is 6.31. The van der Waals surface area contributed by atoms with Crippen LogP contribution < -0.4 is 15.8 Å². The molecule has 0 radical (unpaired) electrons. The Labute approximate surface area is 126 Å². The number of aryl methyl sites for hydroxylation is 1. The van der Waals surface area contributed by atoms with Crippen LogP contribution in [-0.4, -0.2) is 23.2 Å². The number of hydrogen-bond acceptors (Lipinski definition) is 5. The van der Waals surface area contributed by atoms with E-state index in [2.05, 4.69) is 10.3 Å². The molecule has 110 valence electrons. The number of rotatable bonds is 4. The van der Waals surface area contributed by atoms with Crippen molar-refractivity contribution in [3.63, 3.8) is 0 Å². The minimum atomic E-state index is -1.11. The van der Waals surface area contributed by atoms with Gasteiger partial charge in [-0.25, -0.2) is 9.78 Å². The molecule has 0 saturated heterocycles. The Kier molecular flexibility index (Phi) is 4.18. The molecule has 0 amide bonds. The topological polar surface area (TPSA) is 97.5 Å². The molecule has 7 heteroatoms. The number of aromatic carboxylic acids is 1. The fraction of sp³-hybridized carbons (Fsp3) is 0.143. The van der Waals surface area contributed by atoms with E-state index in [9.17, 15) is 4.79 Å². The lowest BCUT2D eigenvalue weighted by atomic mass is 10.2. The van der Waals surface area contributed by atoms with Crippen molar-refractivity contribution in [2.24, 2.45) is 0 Å². The molecule has 6 nitrogen and oxygen atoms in total. The van der Waals surface area contributed by atoms with Crippen LogP contribution in [0.4, 0.5) is 17.2 Å². The number of carboxylic acids is 1. The number of nitrogens with one attached hydrogen (secondary N) is 1. The van der Waals surface area contributed by atoms with Crippen molar-refractivity contribution in [2.75, 3.05) is 18.2 Å². The Balaban J connectivity index is 2.46. The molecule has 21 heavy (non-hydrogen) atoms. The number of aromatic nitrogens is 1. The summed E-state index contributed by atoms with van der Waals surface area (Å²) in [6, 6.07) is 4.78. The van der Waals surface area contributed by atoms with Crippen LogP contribution in [0.5, 0.6) is 5.75 Å². The second-order valence-corrected chi connectivity index (χ2v) is 4.76. The summed E-state index contributed by atoms with van der Waals surface area (Å²) < 4.78 is 5.24. The predicted molar refractivity (Wildman–Crippen MR) is 81.6 cm³/mol. The molecule has 0 aliphatic heterocycles. The molecule has 2 rings (SSSR count). The number of hydrogen-bond donors (Lipinski definition) is 3. The van der Waals surface area contributed by atoms with E-state index in [1.807, 2.05) is 6.92 Å². The van der Waals surface area contributed by atoms with Gasteiger partial charge >= 0.3 is 5.97 Å². The normalized spacial score (nSPS) is 10.2. The number of nitrogens with two attached hydrogens (primary N) is 1. The average molecular weight is 308 g/mol. The van der Waals surface area contributed by atoms with Gasteiger partial charge in [0.05, 0.1) is 24.0 Å². The van der Waals surface area contributed by atoms with E-state index in [4.69, 9.17) is 27.2 Å². The van der Waals surface area contributed by atoms with Gasteiger partial charge in [0.2, 0.25) is 0 Å². The van der Waals surface area contributed by atoms with Crippen LogP contribution in [0.1, 0.15) is 15.9 Å². The molecule has 0 aliphatic carbocycles. The van der Waals surface area contributed by atoms with E-state index in [0.717, 1.165) is 5.56 Å². The smallest absolute Gasteiger partial charge is 0.337 e. The van der Waals surface area contributed by atoms with Crippen LogP contribution in [0.25, 0.3) is 0 Å². The second-order valence-electron chi connectivity index (χ2n) is 4.35. The number of nitrogen functional groups attached to an aromatic ring is 1. The van der Waals surface area contributed by atoms with Gasteiger partial charge in [0.25, 0.3) is 0 Å². The van der Waals surface area contributed by atoms with E-state index in [-0.39, 0.29) is 17.1 Å². The van der Waals surface area contributed by atoms with Crippen molar-refractivity contribution in [1.82, 2.24) is 4.98 Å². The van der Waals surface area contributed by atoms with Gasteiger partial charge in [0, 0.05) is 17.3 Å². The SMILES string of the molecule is COc1cc(Cl)c(C)cc1Nc1nccc(C(=O)O)c1N. The molecule has 0 fully saturated rings. The largest absolute Gasteiger partial charge is 0.495 e. The van der Waals surface area contributed by atoms with Gasteiger partial charge in [-0.15, -0.1) is 0 Å². The summed E-state index contributed by atoms with van der Waals surface area (Å²) in [5.74, 6) is -0.361. The first-order chi connectivity index (χ1) is 9.93. The van der Waals surface area contributed by atoms with Crippen molar-refractivity contribution >= 4 is 34.8 Å². The number of pyridine rings is 1. The van der Waals surface area contributed by atoms with Crippen molar-refractivity contribution in [3.8, 4) is 5.75 Å². The number of anilines is 3. The highest BCUT2D eigenvalue weighted by Gasteiger charge is 2.14. The first-order valence-electron chi connectivity index (χ1n) is 6.03. The lowest BCUT2D eigenvalue weighted by Gasteiger charge is -2.14. The van der Waals surface area contributed by atoms with E-state index < -0.39 is 5.97 Å². The molecule has 0 aliphatic rings. The number of benzene rings is 1. The van der Waals surface area contributed by atoms with E-state index >= 15 is 0 Å². The standard InChI is InChI=1S/C14H14ClN3O3/c1-7-5-10(11(21-2)6-9(7)15)18-13-12(16)8(14(19)20)3-4-17-13/h3-6H,16H2,1-2H3,(H,17,18)(H,19,20). The van der Waals surface area contributed by atoms with Gasteiger partial charge in [-0.1, -0.05) is 11.6 Å². The Morgan fingerprint density at radius 2 is 2.19 bits per heavy atom. The van der Waals surface area contributed by atoms with Crippen molar-refractivity contribution in [2.45, 2.75) is 6.92 Å². The maximum Gasteiger partial charge on any atom is 0.337 e. The Hall–Kier alpha value is -2.47. The lowest BCUT2D eigenvalue weighted by molar-refractivity contribution is 0.0698. The molecule has 2 aromatic rings. The minimum Gasteiger partial charge on any atom is -0.495 e. The highest BCUT2D eigenvalue weighted by atomic mass is 35.5. The zero-order valence-corrected chi connectivity index (χ0v) is 12.2. The fourth-order valence-electron chi connectivity index (χ4n) is 1.82. The summed E-state index contributed by atoms with van der Waals surface area (Å²) in [7, 11) is 1.51. The molecule has 0 bridgehead atoms. The van der Waals surface area contributed by atoms with Gasteiger partial charge in [-0.3, -0.25) is 0 Å². The van der Waals surface area contributed by atoms with Crippen LogP contribution in [0, 0.1) is 6.92 Å². The summed E-state index contributed by atoms with van der Waals surface area (Å²) in [5.41, 5.74) is 7.30. The first-order valence-corrected chi connectivity index (χ1v) is 6.40. The van der Waals surface area contributed by atoms with Crippen molar-refractivity contribution in [1.29, 1.82) is 0 Å². The minimum absolute atomic E-state index is 0.0165. The van der Waals surface area contributed by atoms with Crippen LogP contribution in [0.15, 0.2) is 24.4 Å². The average Bonchev–Trinajstić information content (AvgIpc) is 2.44. The zero-order valence-electron chi connectivity index (χ0n) is 11.5. The molecule has 0 saturated carbocycles. The third kappa shape index (κ3) is 3.00. The summed E-state index contributed by atoms with van der Waals surface area (Å²) in [6.07, 6.45) is 1.37. The molecule has 4 N–H and O–H groups in total. The second kappa shape index (κ2) is 5.88. The van der Waals surface area contributed by atoms with Gasteiger partial charge in [0.1, 0.15) is 5.75 Å². The van der Waals surface area contributed by atoms with Crippen LogP contribution >= 0.6 is 11.6 Å². The van der Waals surface area contributed by atoms with E-state index in [0.29, 0.717) is 16.5 Å². The summed E-state index contributed by atoms with van der Waals surface area (Å²) >= 11 is 6.04. The number of halogens is 1. The van der Waals surface area contributed by atoms with Gasteiger partial charge in [-0.2, -0.15) is 0 Å². The number of carboxylic acid groups (broad SMARTS) is 1. The third-order valence-electron chi connectivity index (χ3n) is 2.95. The molecule has 0 atom stereocenters. The van der Waals surface area contributed by atoms with Crippen molar-refractivity contribution in [3.05, 3.63) is 40.5 Å². The van der Waals surface area contributed by atoms with Crippen LogP contribution in [0.2, 0.25) is 5.02 Å². The first kappa shape index (κ1) is 14.9. The number of methoxy groups -OCH3 is 1. The molecular formula is C14H14ClN3O3. The van der Waals surface area contributed by atoms with Crippen LogP contribution in [-0.2, 0) is 0 Å². The molecule has 1 heterocycles. The van der Waals surface area contributed by atoms with Crippen LogP contribution in [0.3, 0.4) is 0 Å². The monoisotopic (exact) mass is 307 g/mol. The number of carbonyl (C=O) groups is 1. The maximum atomic E-state index is 11.1. The summed E-state index contributed by atoms with van der Waals surface area (Å²) in [6.45, 7) is 1.84. The quantitative estimate of drug-likeness (QED) is 0.803. The van der Waals surface area contributed by atoms with Gasteiger partial charge < -0.3 is 20.9 Å². The van der Waals surface area contributed by atoms with E-state index in [1.165, 1.54) is 19.4 Å². The fourth-order valence-corrected chi connectivity index (χ4v) is 1.97. The van der Waals surface area contributed by atoms with Gasteiger partial charge in [-0.05, 0) is 24.6 Å². The number of ether oxygens (including phenoxy) is 1. The summed E-state index contributed by atoms with van der Waals surface area (Å²) in [5, 5.41) is 12.6. The van der Waals surface area contributed by atoms with Gasteiger partial charge in [0.15, 0.2) is 5.82 Å². The Morgan fingerprint density at radius 1 is 1.48 bits per heavy atom. The lowest BCUT2D eigenvalue weighted by Crippen LogP contribution is -2.07. The molecule has 1 aromatic heterocycles. The molecule has 0 spiro atoms. The Morgan fingerprint density at radius 3 is 2.81 bits per heavy atom. The van der Waals surface area contributed by atoms with E-state index in [1.54, 1.807) is 12.1 Å². The highest BCUT2D eigenvalue weighted by Crippen LogP contribution is 2.34. The zero-order chi connectivity index (χ0) is 15.6. The molecule has 1 aromatic carbocycles. The van der Waals surface area contributed by atoms with Crippen molar-refractivity contribution < 1.29 is 14.6 Å². The molecule has 0 unspecified atom stereocenters. The Bertz CT molecular complexity index is 704. The predicted octanol–water partition coefficient (Wildman–Crippen LogP) is 3.08. The maximum absolute atomic E-state index is 11.1.